The van der Waals surface area contributed by atoms with Gasteiger partial charge in [0.1, 0.15) is 0 Å². The van der Waals surface area contributed by atoms with Crippen LogP contribution >= 0.6 is 0 Å². The molecule has 144 valence electrons. The highest BCUT2D eigenvalue weighted by atomic mass is 17.4. The van der Waals surface area contributed by atoms with Crippen molar-refractivity contribution < 1.29 is 24.3 Å². The molecule has 2 heterocycles. The first kappa shape index (κ1) is 16.1. The number of rotatable bonds is 1. The first-order valence-electron chi connectivity index (χ1n) is 10.4. The van der Waals surface area contributed by atoms with Gasteiger partial charge in [-0.05, 0) is 56.8 Å². The summed E-state index contributed by atoms with van der Waals surface area (Å²) in [4.78, 5) is 37.9. The smallest absolute Gasteiger partial charge is 0.317 e. The van der Waals surface area contributed by atoms with Crippen molar-refractivity contribution in [3.8, 4) is 0 Å². The normalized spacial score (nSPS) is 42.4. The molecular weight excluding hydrogens is 336 g/mol. The summed E-state index contributed by atoms with van der Waals surface area (Å²) < 4.78 is 0. The molecule has 0 atom stereocenters. The molecule has 0 unspecified atom stereocenters. The number of carbonyl (C=O) groups is 1. The molecule has 2 saturated heterocycles. The standard InChI is InChI=1S/C19H28N2O5/c22-17(20-16-1-2-16)21-5-3-18(4-6-21)23-25-19(26-24-18)14-8-12-7-13(10-14)11-15(19)9-12/h12-16H,1-11H2,(H,20,22). The Morgan fingerprint density at radius 2 is 1.42 bits per heavy atom. The van der Waals surface area contributed by atoms with Gasteiger partial charge in [0.25, 0.3) is 0 Å². The number of piperidine rings is 1. The van der Waals surface area contributed by atoms with E-state index < -0.39 is 11.6 Å². The number of carbonyl (C=O) groups excluding carboxylic acids is 1. The monoisotopic (exact) mass is 364 g/mol. The van der Waals surface area contributed by atoms with Crippen LogP contribution in [0.15, 0.2) is 0 Å². The van der Waals surface area contributed by atoms with Gasteiger partial charge >= 0.3 is 6.03 Å². The molecule has 0 aromatic heterocycles. The lowest BCUT2D eigenvalue weighted by Crippen LogP contribution is -2.65. The minimum atomic E-state index is -0.865. The summed E-state index contributed by atoms with van der Waals surface area (Å²) in [5, 5.41) is 3.04. The molecule has 7 aliphatic rings. The summed E-state index contributed by atoms with van der Waals surface area (Å²) in [5.74, 6) is 0.884. The van der Waals surface area contributed by atoms with Gasteiger partial charge in [-0.2, -0.15) is 19.6 Å². The van der Waals surface area contributed by atoms with E-state index in [1.54, 1.807) is 0 Å². The topological polar surface area (TPSA) is 69.3 Å². The van der Waals surface area contributed by atoms with Crippen molar-refractivity contribution in [2.45, 2.75) is 75.4 Å². The average molecular weight is 364 g/mol. The van der Waals surface area contributed by atoms with Gasteiger partial charge in [-0.3, -0.25) is 0 Å². The lowest BCUT2D eigenvalue weighted by Gasteiger charge is -2.60. The highest BCUT2D eigenvalue weighted by Gasteiger charge is 2.64. The second-order valence-corrected chi connectivity index (χ2v) is 9.48. The molecule has 7 rings (SSSR count). The number of nitrogens with one attached hydrogen (secondary N) is 1. The van der Waals surface area contributed by atoms with Gasteiger partial charge in [-0.15, -0.1) is 0 Å². The third-order valence-electron chi connectivity index (χ3n) is 7.64. The van der Waals surface area contributed by atoms with Gasteiger partial charge in [0.15, 0.2) is 0 Å². The van der Waals surface area contributed by atoms with Crippen LogP contribution in [0, 0.1) is 23.7 Å². The molecule has 2 spiro atoms. The lowest BCUT2D eigenvalue weighted by molar-refractivity contribution is -0.680. The van der Waals surface area contributed by atoms with Crippen molar-refractivity contribution in [3.63, 3.8) is 0 Å². The van der Waals surface area contributed by atoms with E-state index in [0.29, 0.717) is 43.8 Å². The van der Waals surface area contributed by atoms with Crippen molar-refractivity contribution in [1.82, 2.24) is 10.2 Å². The van der Waals surface area contributed by atoms with Crippen LogP contribution in [0.4, 0.5) is 4.79 Å². The number of hydrogen-bond acceptors (Lipinski definition) is 5. The van der Waals surface area contributed by atoms with Gasteiger partial charge < -0.3 is 10.2 Å². The molecule has 26 heavy (non-hydrogen) atoms. The zero-order chi connectivity index (χ0) is 17.4. The van der Waals surface area contributed by atoms with Crippen molar-refractivity contribution >= 4 is 6.03 Å². The summed E-state index contributed by atoms with van der Waals surface area (Å²) in [6, 6.07) is 0.404. The van der Waals surface area contributed by atoms with Gasteiger partial charge in [-0.25, -0.2) is 4.79 Å². The third kappa shape index (κ3) is 2.44. The van der Waals surface area contributed by atoms with Crippen LogP contribution in [0.3, 0.4) is 0 Å². The van der Waals surface area contributed by atoms with Crippen molar-refractivity contribution in [3.05, 3.63) is 0 Å². The fourth-order valence-electron chi connectivity index (χ4n) is 6.13. The molecule has 7 nitrogen and oxygen atoms in total. The molecule has 0 aromatic rings. The van der Waals surface area contributed by atoms with Gasteiger partial charge in [0.05, 0.1) is 0 Å². The van der Waals surface area contributed by atoms with Gasteiger partial charge in [-0.1, -0.05) is 0 Å². The highest BCUT2D eigenvalue weighted by Crippen LogP contribution is 2.61. The number of urea groups is 1. The van der Waals surface area contributed by atoms with E-state index in [4.69, 9.17) is 19.6 Å². The highest BCUT2D eigenvalue weighted by molar-refractivity contribution is 5.75. The maximum Gasteiger partial charge on any atom is 0.317 e. The molecule has 2 amide bonds. The van der Waals surface area contributed by atoms with Crippen molar-refractivity contribution in [2.75, 3.05) is 13.1 Å². The van der Waals surface area contributed by atoms with Gasteiger partial charge in [0.2, 0.25) is 11.6 Å². The average Bonchev–Trinajstić information content (AvgIpc) is 3.45. The largest absolute Gasteiger partial charge is 0.335 e. The molecule has 2 aliphatic heterocycles. The van der Waals surface area contributed by atoms with Crippen LogP contribution in [-0.2, 0) is 19.6 Å². The Kier molecular flexibility index (Phi) is 3.44. The molecule has 5 aliphatic carbocycles. The molecular formula is C19H28N2O5. The Bertz CT molecular complexity index is 559. The second-order valence-electron chi connectivity index (χ2n) is 9.48. The summed E-state index contributed by atoms with van der Waals surface area (Å²) in [5.41, 5.74) is 0. The quantitative estimate of drug-likeness (QED) is 0.725. The zero-order valence-corrected chi connectivity index (χ0v) is 15.2. The second kappa shape index (κ2) is 5.56. The summed E-state index contributed by atoms with van der Waals surface area (Å²) in [6.07, 6.45) is 9.40. The molecule has 0 radical (unpaired) electrons. The van der Waals surface area contributed by atoms with E-state index in [9.17, 15) is 4.79 Å². The Morgan fingerprint density at radius 1 is 0.846 bits per heavy atom. The van der Waals surface area contributed by atoms with Crippen LogP contribution in [0.1, 0.15) is 57.8 Å². The number of hydrogen-bond donors (Lipinski definition) is 1. The fourth-order valence-corrected chi connectivity index (χ4v) is 6.13. The van der Waals surface area contributed by atoms with Crippen molar-refractivity contribution in [1.29, 1.82) is 0 Å². The Balaban J connectivity index is 1.09. The first-order chi connectivity index (χ1) is 12.6. The Labute approximate surface area is 153 Å². The fraction of sp³-hybridized carbons (Fsp3) is 0.947. The first-order valence-corrected chi connectivity index (χ1v) is 10.4. The van der Waals surface area contributed by atoms with E-state index in [-0.39, 0.29) is 6.03 Å². The molecule has 0 aromatic carbocycles. The van der Waals surface area contributed by atoms with E-state index in [2.05, 4.69) is 5.32 Å². The summed E-state index contributed by atoms with van der Waals surface area (Å²) in [6.45, 7) is 1.19. The molecule has 7 heteroatoms. The third-order valence-corrected chi connectivity index (χ3v) is 7.64. The van der Waals surface area contributed by atoms with E-state index >= 15 is 0 Å². The molecule has 1 N–H and O–H groups in total. The molecule has 5 saturated carbocycles. The van der Waals surface area contributed by atoms with E-state index in [0.717, 1.165) is 24.7 Å². The van der Waals surface area contributed by atoms with Crippen LogP contribution in [-0.4, -0.2) is 41.6 Å². The molecule has 7 fully saturated rings. The minimum Gasteiger partial charge on any atom is -0.335 e. The predicted molar refractivity (Wildman–Crippen MR) is 89.2 cm³/mol. The van der Waals surface area contributed by atoms with E-state index in [1.165, 1.54) is 32.1 Å². The SMILES string of the molecule is O=C(NC1CC1)N1CCC2(CC1)OOC1(OO2)C2CC3CC(C2)CC1C3. The maximum absolute atomic E-state index is 12.2. The zero-order valence-electron chi connectivity index (χ0n) is 15.2. The summed E-state index contributed by atoms with van der Waals surface area (Å²) in [7, 11) is 0. The Morgan fingerprint density at radius 3 is 1.96 bits per heavy atom. The lowest BCUT2D eigenvalue weighted by atomic mass is 9.53. The maximum atomic E-state index is 12.2. The van der Waals surface area contributed by atoms with E-state index in [1.807, 2.05) is 4.90 Å². The van der Waals surface area contributed by atoms with Crippen molar-refractivity contribution in [2.24, 2.45) is 23.7 Å². The number of likely N-dealkylation sites (tertiary alicyclic amines) is 1. The minimum absolute atomic E-state index is 0.0255. The number of amides is 2. The van der Waals surface area contributed by atoms with Crippen LogP contribution < -0.4 is 5.32 Å². The Hall–Kier alpha value is -0.890. The predicted octanol–water partition coefficient (Wildman–Crippen LogP) is 2.71. The van der Waals surface area contributed by atoms with Crippen LogP contribution in [0.5, 0.6) is 0 Å². The number of nitrogens with zero attached hydrogens (tertiary/aromatic N) is 1. The molecule has 4 bridgehead atoms. The van der Waals surface area contributed by atoms with Crippen LogP contribution in [0.25, 0.3) is 0 Å². The summed E-state index contributed by atoms with van der Waals surface area (Å²) >= 11 is 0. The van der Waals surface area contributed by atoms with Gasteiger partial charge in [0, 0.05) is 43.8 Å². The van der Waals surface area contributed by atoms with Crippen LogP contribution in [0.2, 0.25) is 0 Å².